The van der Waals surface area contributed by atoms with Gasteiger partial charge in [0.1, 0.15) is 5.58 Å². The molecule has 2 aromatic heterocycles. The van der Waals surface area contributed by atoms with E-state index in [0.29, 0.717) is 0 Å². The first kappa shape index (κ1) is 32.8. The zero-order valence-electron chi connectivity index (χ0n) is 31.1. The maximum atomic E-state index is 6.68. The lowest BCUT2D eigenvalue weighted by molar-refractivity contribution is 0.669. The van der Waals surface area contributed by atoms with Crippen molar-refractivity contribution < 1.29 is 4.42 Å². The van der Waals surface area contributed by atoms with Gasteiger partial charge in [0.15, 0.2) is 5.58 Å². The van der Waals surface area contributed by atoms with Crippen molar-refractivity contribution >= 4 is 60.8 Å². The number of hydrogen-bond donors (Lipinski definition) is 0. The quantitative estimate of drug-likeness (QED) is 0.163. The predicted molar refractivity (Wildman–Crippen MR) is 239 cm³/mol. The topological polar surface area (TPSA) is 21.3 Å². The number of benzene rings is 9. The summed E-state index contributed by atoms with van der Waals surface area (Å²) in [6, 6.07) is 78.1. The molecular weight excluding hydrogens is 693 g/mol. The smallest absolute Gasteiger partial charge is 0.159 e. The van der Waals surface area contributed by atoms with Gasteiger partial charge < -0.3 is 13.9 Å². The van der Waals surface area contributed by atoms with E-state index in [0.717, 1.165) is 55.8 Å². The van der Waals surface area contributed by atoms with Crippen LogP contribution in [0.2, 0.25) is 0 Å². The number of hydrogen-bond acceptors (Lipinski definition) is 2. The Bertz CT molecular complexity index is 3160. The van der Waals surface area contributed by atoms with Gasteiger partial charge in [0, 0.05) is 38.6 Å². The van der Waals surface area contributed by atoms with Gasteiger partial charge in [-0.1, -0.05) is 140 Å². The molecule has 268 valence electrons. The molecule has 3 heteroatoms. The fourth-order valence-corrected chi connectivity index (χ4v) is 8.48. The molecule has 0 atom stereocenters. The van der Waals surface area contributed by atoms with Crippen molar-refractivity contribution in [3.05, 3.63) is 218 Å². The average molecular weight is 729 g/mol. The van der Waals surface area contributed by atoms with E-state index in [1.165, 1.54) is 44.1 Å². The molecule has 0 aliphatic heterocycles. The van der Waals surface area contributed by atoms with Crippen LogP contribution in [0.5, 0.6) is 0 Å². The monoisotopic (exact) mass is 728 g/mol. The summed E-state index contributed by atoms with van der Waals surface area (Å²) in [5, 5.41) is 4.61. The summed E-state index contributed by atoms with van der Waals surface area (Å²) in [4.78, 5) is 2.35. The minimum atomic E-state index is 0.859. The highest BCUT2D eigenvalue weighted by Gasteiger charge is 2.21. The molecule has 57 heavy (non-hydrogen) atoms. The van der Waals surface area contributed by atoms with E-state index in [-0.39, 0.29) is 0 Å². The number of aromatic nitrogens is 1. The van der Waals surface area contributed by atoms with Crippen molar-refractivity contribution in [1.82, 2.24) is 4.57 Å². The zero-order valence-corrected chi connectivity index (χ0v) is 31.1. The van der Waals surface area contributed by atoms with Gasteiger partial charge in [0.2, 0.25) is 0 Å². The molecule has 0 radical (unpaired) electrons. The summed E-state index contributed by atoms with van der Waals surface area (Å²) < 4.78 is 9.05. The van der Waals surface area contributed by atoms with Crippen LogP contribution in [0.25, 0.3) is 82.8 Å². The third-order valence-electron chi connectivity index (χ3n) is 11.2. The maximum absolute atomic E-state index is 6.68. The van der Waals surface area contributed by atoms with Crippen LogP contribution in [0.4, 0.5) is 17.1 Å². The van der Waals surface area contributed by atoms with Crippen molar-refractivity contribution in [3.8, 4) is 39.1 Å². The minimum absolute atomic E-state index is 0.859. The fourth-order valence-electron chi connectivity index (χ4n) is 8.48. The van der Waals surface area contributed by atoms with Crippen LogP contribution < -0.4 is 4.90 Å². The van der Waals surface area contributed by atoms with Gasteiger partial charge in [-0.15, -0.1) is 0 Å². The third-order valence-corrected chi connectivity index (χ3v) is 11.2. The van der Waals surface area contributed by atoms with Crippen molar-refractivity contribution in [2.75, 3.05) is 4.90 Å². The summed E-state index contributed by atoms with van der Waals surface area (Å²) in [6.07, 6.45) is 0. The number of rotatable bonds is 7. The Labute approximate surface area is 330 Å². The van der Waals surface area contributed by atoms with E-state index < -0.39 is 0 Å². The number of para-hydroxylation sites is 4. The lowest BCUT2D eigenvalue weighted by Gasteiger charge is -2.26. The number of anilines is 3. The summed E-state index contributed by atoms with van der Waals surface area (Å²) in [7, 11) is 0. The molecular formula is C54H36N2O. The SMILES string of the molecule is c1ccc(-c2cc(-c3ccccc3)cc(-c3ccc(N(c4ccc5c(c4)c4ccccc4n5-c4ccccc4)c4cccc5c4oc4ccccc45)cc3)c2)cc1. The third kappa shape index (κ3) is 5.68. The van der Waals surface area contributed by atoms with Crippen LogP contribution in [0.3, 0.4) is 0 Å². The molecule has 0 aliphatic carbocycles. The lowest BCUT2D eigenvalue weighted by Crippen LogP contribution is -2.10. The first-order valence-corrected chi connectivity index (χ1v) is 19.4. The molecule has 0 N–H and O–H groups in total. The van der Waals surface area contributed by atoms with E-state index in [1.54, 1.807) is 0 Å². The molecule has 0 spiro atoms. The lowest BCUT2D eigenvalue weighted by atomic mass is 9.93. The highest BCUT2D eigenvalue weighted by molar-refractivity contribution is 6.13. The molecule has 0 amide bonds. The van der Waals surface area contributed by atoms with Crippen molar-refractivity contribution in [3.63, 3.8) is 0 Å². The Morgan fingerprint density at radius 1 is 0.333 bits per heavy atom. The largest absolute Gasteiger partial charge is 0.454 e. The average Bonchev–Trinajstić information content (AvgIpc) is 3.84. The molecule has 11 aromatic rings. The Kier molecular flexibility index (Phi) is 7.82. The van der Waals surface area contributed by atoms with E-state index in [4.69, 9.17) is 4.42 Å². The Balaban J connectivity index is 1.10. The highest BCUT2D eigenvalue weighted by atomic mass is 16.3. The van der Waals surface area contributed by atoms with Gasteiger partial charge in [-0.3, -0.25) is 0 Å². The van der Waals surface area contributed by atoms with Gasteiger partial charge in [0.05, 0.1) is 16.7 Å². The molecule has 3 nitrogen and oxygen atoms in total. The van der Waals surface area contributed by atoms with Crippen LogP contribution >= 0.6 is 0 Å². The van der Waals surface area contributed by atoms with Crippen LogP contribution in [-0.4, -0.2) is 4.57 Å². The molecule has 0 saturated carbocycles. The van der Waals surface area contributed by atoms with Crippen LogP contribution in [0.1, 0.15) is 0 Å². The summed E-state index contributed by atoms with van der Waals surface area (Å²) in [5.74, 6) is 0. The molecule has 0 aliphatic rings. The first-order chi connectivity index (χ1) is 28.3. The molecule has 0 bridgehead atoms. The Morgan fingerprint density at radius 2 is 0.860 bits per heavy atom. The second kappa shape index (κ2) is 13.6. The summed E-state index contributed by atoms with van der Waals surface area (Å²) in [6.45, 7) is 0. The van der Waals surface area contributed by atoms with Crippen LogP contribution in [-0.2, 0) is 0 Å². The van der Waals surface area contributed by atoms with E-state index in [1.807, 2.05) is 6.07 Å². The number of nitrogens with zero attached hydrogens (tertiary/aromatic N) is 2. The van der Waals surface area contributed by atoms with Crippen molar-refractivity contribution in [1.29, 1.82) is 0 Å². The fraction of sp³-hybridized carbons (Fsp3) is 0. The van der Waals surface area contributed by atoms with Crippen molar-refractivity contribution in [2.45, 2.75) is 0 Å². The predicted octanol–water partition coefficient (Wildman–Crippen LogP) is 15.2. The molecule has 0 fully saturated rings. The molecule has 0 saturated heterocycles. The minimum Gasteiger partial charge on any atom is -0.454 e. The first-order valence-electron chi connectivity index (χ1n) is 19.4. The van der Waals surface area contributed by atoms with Gasteiger partial charge >= 0.3 is 0 Å². The Hall–Kier alpha value is -7.62. The standard InChI is InChI=1S/C54H36N2O/c1-4-15-37(16-5-1)40-33-41(38-17-6-2-7-18-38)35-42(34-40)39-27-29-44(30-28-39)55(52-25-14-23-48-47-22-11-13-26-53(47)57-54(48)52)45-31-32-51-49(36-45)46-21-10-12-24-50(46)56(51)43-19-8-3-9-20-43/h1-36H. The van der Waals surface area contributed by atoms with E-state index in [2.05, 4.69) is 222 Å². The summed E-state index contributed by atoms with van der Waals surface area (Å²) in [5.41, 5.74) is 15.4. The second-order valence-electron chi connectivity index (χ2n) is 14.6. The van der Waals surface area contributed by atoms with Gasteiger partial charge in [-0.25, -0.2) is 0 Å². The highest BCUT2D eigenvalue weighted by Crippen LogP contribution is 2.44. The number of furan rings is 1. The van der Waals surface area contributed by atoms with Crippen molar-refractivity contribution in [2.24, 2.45) is 0 Å². The summed E-state index contributed by atoms with van der Waals surface area (Å²) >= 11 is 0. The molecule has 0 unspecified atom stereocenters. The number of fused-ring (bicyclic) bond motifs is 6. The normalized spacial score (nSPS) is 11.5. The second-order valence-corrected chi connectivity index (χ2v) is 14.6. The van der Waals surface area contributed by atoms with Crippen LogP contribution in [0.15, 0.2) is 223 Å². The molecule has 9 aromatic carbocycles. The maximum Gasteiger partial charge on any atom is 0.159 e. The van der Waals surface area contributed by atoms with Gasteiger partial charge in [0.25, 0.3) is 0 Å². The Morgan fingerprint density at radius 3 is 1.54 bits per heavy atom. The zero-order chi connectivity index (χ0) is 37.7. The molecule has 2 heterocycles. The molecule has 11 rings (SSSR count). The van der Waals surface area contributed by atoms with Gasteiger partial charge in [-0.05, 0) is 112 Å². The van der Waals surface area contributed by atoms with E-state index >= 15 is 0 Å². The van der Waals surface area contributed by atoms with Gasteiger partial charge in [-0.2, -0.15) is 0 Å². The van der Waals surface area contributed by atoms with E-state index in [9.17, 15) is 0 Å². The van der Waals surface area contributed by atoms with Crippen LogP contribution in [0, 0.1) is 0 Å².